The second kappa shape index (κ2) is 5.67. The first kappa shape index (κ1) is 15.2. The second-order valence-corrected chi connectivity index (χ2v) is 6.92. The summed E-state index contributed by atoms with van der Waals surface area (Å²) in [7, 11) is 1.24. The molecule has 1 aromatic heterocycles. The maximum Gasteiger partial charge on any atom is 0.296 e. The molecule has 2 rings (SSSR count). The van der Waals surface area contributed by atoms with E-state index >= 15 is 0 Å². The molecular weight excluding hydrogens is 328 g/mol. The highest BCUT2D eigenvalue weighted by molar-refractivity contribution is 8.13. The van der Waals surface area contributed by atoms with Crippen molar-refractivity contribution in [3.8, 4) is 11.4 Å². The number of nitrogens with zero attached hydrogens (tertiary/aromatic N) is 3. The summed E-state index contributed by atoms with van der Waals surface area (Å²) in [6.07, 6.45) is 0.604. The van der Waals surface area contributed by atoms with Gasteiger partial charge in [0.1, 0.15) is 5.82 Å². The fourth-order valence-electron chi connectivity index (χ4n) is 1.76. The first-order valence-electron chi connectivity index (χ1n) is 5.68. The summed E-state index contributed by atoms with van der Waals surface area (Å²) in [4.78, 5) is 0. The summed E-state index contributed by atoms with van der Waals surface area (Å²) in [5.74, 6) is -0.497. The van der Waals surface area contributed by atoms with Gasteiger partial charge in [0.25, 0.3) is 14.2 Å². The van der Waals surface area contributed by atoms with E-state index in [9.17, 15) is 12.8 Å². The summed E-state index contributed by atoms with van der Waals surface area (Å²) in [5.41, 5.74) is 0.0741. The highest BCUT2D eigenvalue weighted by Crippen LogP contribution is 2.27. The zero-order valence-corrected chi connectivity index (χ0v) is 12.7. The molecule has 20 heavy (non-hydrogen) atoms. The number of halogens is 3. The molecule has 0 fully saturated rings. The van der Waals surface area contributed by atoms with E-state index in [0.29, 0.717) is 11.4 Å². The summed E-state index contributed by atoms with van der Waals surface area (Å²) < 4.78 is 38.0. The standard InChI is InChI=1S/C11H10Cl2FN3O2S/c1-2-5-17-10(15-16-11(17)20(13,18)19)8-6-7(12)3-4-9(8)14/h3-4,6H,2,5H2,1H3. The summed E-state index contributed by atoms with van der Waals surface area (Å²) in [6, 6.07) is 3.93. The van der Waals surface area contributed by atoms with E-state index in [0.717, 1.165) is 0 Å². The Morgan fingerprint density at radius 1 is 1.35 bits per heavy atom. The molecule has 0 saturated carbocycles. The van der Waals surface area contributed by atoms with Gasteiger partial charge in [0.15, 0.2) is 5.82 Å². The van der Waals surface area contributed by atoms with Crippen molar-refractivity contribution in [2.75, 3.05) is 0 Å². The lowest BCUT2D eigenvalue weighted by Crippen LogP contribution is -2.08. The van der Waals surface area contributed by atoms with Crippen molar-refractivity contribution in [1.82, 2.24) is 14.8 Å². The highest BCUT2D eigenvalue weighted by Gasteiger charge is 2.24. The monoisotopic (exact) mass is 337 g/mol. The van der Waals surface area contributed by atoms with E-state index < -0.39 is 20.0 Å². The van der Waals surface area contributed by atoms with E-state index in [1.54, 1.807) is 0 Å². The molecule has 5 nitrogen and oxygen atoms in total. The van der Waals surface area contributed by atoms with Crippen LogP contribution in [0.5, 0.6) is 0 Å². The van der Waals surface area contributed by atoms with Crippen molar-refractivity contribution in [1.29, 1.82) is 0 Å². The first-order valence-corrected chi connectivity index (χ1v) is 8.36. The second-order valence-electron chi connectivity index (χ2n) is 4.02. The van der Waals surface area contributed by atoms with Gasteiger partial charge in [-0.3, -0.25) is 4.57 Å². The molecule has 9 heteroatoms. The number of rotatable bonds is 4. The lowest BCUT2D eigenvalue weighted by molar-refractivity contribution is 0.568. The first-order chi connectivity index (χ1) is 9.34. The van der Waals surface area contributed by atoms with Crippen LogP contribution in [0.25, 0.3) is 11.4 Å². The van der Waals surface area contributed by atoms with Gasteiger partial charge in [-0.1, -0.05) is 18.5 Å². The van der Waals surface area contributed by atoms with E-state index in [2.05, 4.69) is 10.2 Å². The molecule has 0 aliphatic carbocycles. The van der Waals surface area contributed by atoms with Gasteiger partial charge in [0.2, 0.25) is 0 Å². The van der Waals surface area contributed by atoms with E-state index in [1.807, 2.05) is 6.92 Å². The molecule has 0 bridgehead atoms. The van der Waals surface area contributed by atoms with Crippen molar-refractivity contribution >= 4 is 31.3 Å². The normalized spacial score (nSPS) is 11.8. The van der Waals surface area contributed by atoms with E-state index in [-0.39, 0.29) is 17.9 Å². The van der Waals surface area contributed by atoms with Crippen LogP contribution in [0, 0.1) is 5.82 Å². The average molecular weight is 338 g/mol. The Labute approximate surface area is 124 Å². The molecule has 1 aromatic carbocycles. The Morgan fingerprint density at radius 2 is 2.05 bits per heavy atom. The summed E-state index contributed by atoms with van der Waals surface area (Å²) in [6.45, 7) is 2.12. The molecular formula is C11H10Cl2FN3O2S. The Balaban J connectivity index is 2.69. The molecule has 0 aliphatic heterocycles. The fraction of sp³-hybridized carbons (Fsp3) is 0.273. The molecule has 2 aromatic rings. The number of benzene rings is 1. The predicted molar refractivity (Wildman–Crippen MR) is 73.8 cm³/mol. The Morgan fingerprint density at radius 3 is 2.65 bits per heavy atom. The smallest absolute Gasteiger partial charge is 0.296 e. The number of hydrogen-bond donors (Lipinski definition) is 0. The van der Waals surface area contributed by atoms with Gasteiger partial charge in [-0.15, -0.1) is 10.2 Å². The predicted octanol–water partition coefficient (Wildman–Crippen LogP) is 3.08. The molecule has 0 radical (unpaired) electrons. The van der Waals surface area contributed by atoms with Crippen LogP contribution in [0.1, 0.15) is 13.3 Å². The van der Waals surface area contributed by atoms with Crippen LogP contribution in [0.3, 0.4) is 0 Å². The maximum atomic E-state index is 13.9. The Kier molecular flexibility index (Phi) is 4.31. The van der Waals surface area contributed by atoms with Crippen molar-refractivity contribution in [3.05, 3.63) is 29.0 Å². The Bertz CT molecular complexity index is 746. The molecule has 0 atom stereocenters. The molecule has 0 amide bonds. The molecule has 1 heterocycles. The van der Waals surface area contributed by atoms with Gasteiger partial charge < -0.3 is 0 Å². The lowest BCUT2D eigenvalue weighted by Gasteiger charge is -2.08. The minimum Gasteiger partial charge on any atom is -0.297 e. The van der Waals surface area contributed by atoms with Crippen LogP contribution in [-0.2, 0) is 15.6 Å². The third-order valence-electron chi connectivity index (χ3n) is 2.55. The van der Waals surface area contributed by atoms with Gasteiger partial charge >= 0.3 is 0 Å². The fourth-order valence-corrected chi connectivity index (χ4v) is 2.86. The summed E-state index contributed by atoms with van der Waals surface area (Å²) >= 11 is 5.82. The van der Waals surface area contributed by atoms with Crippen LogP contribution in [0.4, 0.5) is 4.39 Å². The molecule has 0 aliphatic rings. The SMILES string of the molecule is CCCn1c(-c2cc(Cl)ccc2F)nnc1S(=O)(=O)Cl. The van der Waals surface area contributed by atoms with Gasteiger partial charge in [-0.2, -0.15) is 0 Å². The van der Waals surface area contributed by atoms with Crippen LogP contribution in [-0.4, -0.2) is 23.2 Å². The van der Waals surface area contributed by atoms with E-state index in [4.69, 9.17) is 22.3 Å². The molecule has 0 unspecified atom stereocenters. The molecule has 0 N–H and O–H groups in total. The van der Waals surface area contributed by atoms with Crippen LogP contribution >= 0.6 is 22.3 Å². The molecule has 0 saturated heterocycles. The molecule has 108 valence electrons. The highest BCUT2D eigenvalue weighted by atomic mass is 35.7. The average Bonchev–Trinajstić information content (AvgIpc) is 2.76. The van der Waals surface area contributed by atoms with Crippen LogP contribution < -0.4 is 0 Å². The molecule has 0 spiro atoms. The van der Waals surface area contributed by atoms with Crippen molar-refractivity contribution in [2.45, 2.75) is 25.0 Å². The zero-order chi connectivity index (χ0) is 14.9. The van der Waals surface area contributed by atoms with Gasteiger partial charge in [-0.05, 0) is 24.6 Å². The lowest BCUT2D eigenvalue weighted by atomic mass is 10.2. The topological polar surface area (TPSA) is 64.8 Å². The third-order valence-corrected chi connectivity index (χ3v) is 3.94. The zero-order valence-electron chi connectivity index (χ0n) is 10.3. The Hall–Kier alpha value is -1.18. The minimum atomic E-state index is -4.06. The summed E-state index contributed by atoms with van der Waals surface area (Å²) in [5, 5.41) is 7.16. The quantitative estimate of drug-likeness (QED) is 0.804. The van der Waals surface area contributed by atoms with Crippen molar-refractivity contribution < 1.29 is 12.8 Å². The van der Waals surface area contributed by atoms with Crippen molar-refractivity contribution in [3.63, 3.8) is 0 Å². The largest absolute Gasteiger partial charge is 0.297 e. The maximum absolute atomic E-state index is 13.9. The van der Waals surface area contributed by atoms with Gasteiger partial charge in [0.05, 0.1) is 5.56 Å². The minimum absolute atomic E-state index is 0.0741. The van der Waals surface area contributed by atoms with Crippen molar-refractivity contribution in [2.24, 2.45) is 0 Å². The van der Waals surface area contributed by atoms with Crippen LogP contribution in [0.2, 0.25) is 5.02 Å². The number of aromatic nitrogens is 3. The van der Waals surface area contributed by atoms with E-state index in [1.165, 1.54) is 22.8 Å². The van der Waals surface area contributed by atoms with Crippen LogP contribution in [0.15, 0.2) is 23.4 Å². The van der Waals surface area contributed by atoms with Gasteiger partial charge in [-0.25, -0.2) is 12.8 Å². The third kappa shape index (κ3) is 2.94. The van der Waals surface area contributed by atoms with Gasteiger partial charge in [0, 0.05) is 22.2 Å². The number of hydrogen-bond acceptors (Lipinski definition) is 4.